The molecule has 0 atom stereocenters. The zero-order valence-electron chi connectivity index (χ0n) is 16.3. The fourth-order valence-corrected chi connectivity index (χ4v) is 2.97. The van der Waals surface area contributed by atoms with Gasteiger partial charge in [-0.1, -0.05) is 42.5 Å². The molecule has 1 heterocycles. The van der Waals surface area contributed by atoms with Gasteiger partial charge in [0, 0.05) is 12.7 Å². The molecule has 0 aliphatic heterocycles. The first kappa shape index (κ1) is 20.7. The third kappa shape index (κ3) is 4.85. The minimum atomic E-state index is -1.22. The highest BCUT2D eigenvalue weighted by molar-refractivity contribution is 6.10. The third-order valence-electron chi connectivity index (χ3n) is 4.40. The fourth-order valence-electron chi connectivity index (χ4n) is 2.97. The van der Waals surface area contributed by atoms with Crippen molar-refractivity contribution in [1.82, 2.24) is 9.58 Å². The topological polar surface area (TPSA) is 101 Å². The minimum absolute atomic E-state index is 0.0717. The number of amides is 2. The van der Waals surface area contributed by atoms with E-state index in [4.69, 9.17) is 4.74 Å². The van der Waals surface area contributed by atoms with Crippen molar-refractivity contribution in [3.05, 3.63) is 89.7 Å². The number of hydrogen-bond acceptors (Lipinski definition) is 4. The van der Waals surface area contributed by atoms with Crippen LogP contribution in [0.25, 0.3) is 0 Å². The van der Waals surface area contributed by atoms with Crippen molar-refractivity contribution >= 4 is 17.8 Å². The van der Waals surface area contributed by atoms with Crippen LogP contribution in [0.2, 0.25) is 0 Å². The van der Waals surface area contributed by atoms with Crippen LogP contribution in [-0.2, 0) is 11.3 Å². The molecule has 2 N–H and O–H groups in total. The van der Waals surface area contributed by atoms with E-state index in [1.165, 1.54) is 18.0 Å². The number of nitrogens with zero attached hydrogens (tertiary/aromatic N) is 2. The van der Waals surface area contributed by atoms with Gasteiger partial charge in [0.1, 0.15) is 18.0 Å². The molecule has 1 aromatic heterocycles. The highest BCUT2D eigenvalue weighted by Gasteiger charge is 2.20. The smallest absolute Gasteiger partial charge is 0.408 e. The lowest BCUT2D eigenvalue weighted by Gasteiger charge is -2.19. The van der Waals surface area contributed by atoms with E-state index in [1.54, 1.807) is 60.7 Å². The molecule has 2 aromatic carbocycles. The predicted octanol–water partition coefficient (Wildman–Crippen LogP) is 2.98. The molecular weight excluding hydrogens is 386 g/mol. The molecule has 3 aromatic rings. The molecule has 0 fully saturated rings. The quantitative estimate of drug-likeness (QED) is 0.559. The highest BCUT2D eigenvalue weighted by Crippen LogP contribution is 2.21. The third-order valence-corrected chi connectivity index (χ3v) is 4.40. The van der Waals surface area contributed by atoms with Crippen molar-refractivity contribution in [2.24, 2.45) is 0 Å². The van der Waals surface area contributed by atoms with Crippen LogP contribution in [0.3, 0.4) is 0 Å². The Morgan fingerprint density at radius 1 is 1.00 bits per heavy atom. The van der Waals surface area contributed by atoms with Crippen LogP contribution in [0.1, 0.15) is 21.6 Å². The number of ketones is 1. The molecule has 0 unspecified atom stereocenters. The molecule has 8 nitrogen and oxygen atoms in total. The van der Waals surface area contributed by atoms with E-state index in [0.717, 1.165) is 10.5 Å². The van der Waals surface area contributed by atoms with Crippen molar-refractivity contribution in [1.29, 1.82) is 0 Å². The summed E-state index contributed by atoms with van der Waals surface area (Å²) in [6, 6.07) is 18.9. The average Bonchev–Trinajstić information content (AvgIpc) is 3.21. The van der Waals surface area contributed by atoms with Crippen LogP contribution in [0.15, 0.2) is 72.9 Å². The van der Waals surface area contributed by atoms with Crippen molar-refractivity contribution in [2.75, 3.05) is 19.1 Å². The molecule has 8 heteroatoms. The number of hydrogen-bond donors (Lipinski definition) is 2. The van der Waals surface area contributed by atoms with E-state index in [-0.39, 0.29) is 24.6 Å². The fraction of sp³-hybridized carbons (Fsp3) is 0.136. The van der Waals surface area contributed by atoms with Crippen molar-refractivity contribution in [3.8, 4) is 5.75 Å². The summed E-state index contributed by atoms with van der Waals surface area (Å²) in [4.78, 5) is 37.9. The highest BCUT2D eigenvalue weighted by atomic mass is 16.5. The average molecular weight is 407 g/mol. The molecule has 154 valence electrons. The van der Waals surface area contributed by atoms with Crippen LogP contribution in [0, 0.1) is 0 Å². The molecule has 0 radical (unpaired) electrons. The summed E-state index contributed by atoms with van der Waals surface area (Å²) in [6.45, 7) is -0.313. The predicted molar refractivity (Wildman–Crippen MR) is 110 cm³/mol. The second kappa shape index (κ2) is 9.42. The van der Waals surface area contributed by atoms with E-state index in [1.807, 2.05) is 6.07 Å². The van der Waals surface area contributed by atoms with Gasteiger partial charge in [-0.25, -0.2) is 4.79 Å². The lowest BCUT2D eigenvalue weighted by atomic mass is 10.1. The molecular formula is C22H21N3O5. The number of para-hydroxylation sites is 1. The number of carboxylic acid groups (broad SMARTS) is 1. The molecule has 0 spiro atoms. The molecule has 3 rings (SSSR count). The summed E-state index contributed by atoms with van der Waals surface area (Å²) in [6.07, 6.45) is 0.301. The van der Waals surface area contributed by atoms with Crippen LogP contribution < -0.4 is 10.2 Å². The number of methoxy groups -OCH3 is 1. The molecule has 0 saturated heterocycles. The molecule has 0 aliphatic rings. The Morgan fingerprint density at radius 2 is 1.70 bits per heavy atom. The van der Waals surface area contributed by atoms with Crippen molar-refractivity contribution in [2.45, 2.75) is 6.54 Å². The van der Waals surface area contributed by atoms with Gasteiger partial charge in [0.2, 0.25) is 5.78 Å². The number of benzene rings is 2. The van der Waals surface area contributed by atoms with Crippen LogP contribution in [0.4, 0.5) is 4.79 Å². The summed E-state index contributed by atoms with van der Waals surface area (Å²) in [5, 5.41) is 9.43. The van der Waals surface area contributed by atoms with Gasteiger partial charge in [-0.05, 0) is 29.8 Å². The molecule has 30 heavy (non-hydrogen) atoms. The maximum atomic E-state index is 12.9. The van der Waals surface area contributed by atoms with Crippen molar-refractivity contribution in [3.63, 3.8) is 0 Å². The Hall–Kier alpha value is -4.07. The maximum absolute atomic E-state index is 12.9. The van der Waals surface area contributed by atoms with E-state index in [9.17, 15) is 19.5 Å². The number of carbonyl (C=O) groups excluding carboxylic acids is 2. The zero-order valence-corrected chi connectivity index (χ0v) is 16.3. The molecule has 0 saturated carbocycles. The van der Waals surface area contributed by atoms with Crippen molar-refractivity contribution < 1.29 is 24.2 Å². The number of aromatic nitrogens is 1. The Bertz CT molecular complexity index is 1050. The summed E-state index contributed by atoms with van der Waals surface area (Å²) in [7, 11) is 1.47. The number of nitrogens with one attached hydrogen (secondary N) is 1. The second-order valence-corrected chi connectivity index (χ2v) is 6.45. The van der Waals surface area contributed by atoms with E-state index >= 15 is 0 Å². The normalized spacial score (nSPS) is 10.3. The van der Waals surface area contributed by atoms with E-state index in [0.29, 0.717) is 11.3 Å². The Labute approximate surface area is 173 Å². The first-order chi connectivity index (χ1) is 14.5. The molecule has 0 bridgehead atoms. The first-order valence-corrected chi connectivity index (χ1v) is 9.16. The standard InChI is InChI=1S/C22H21N3O5/c1-30-19-12-6-5-10-17(19)21(27)18-11-7-13-25(18)23-20(26)15-24(22(28)29)14-16-8-3-2-4-9-16/h2-13H,14-15H2,1H3,(H,23,26)(H,28,29). The SMILES string of the molecule is COc1ccccc1C(=O)c1cccn1NC(=O)CN(Cc1ccccc1)C(=O)O. The number of ether oxygens (including phenoxy) is 1. The Balaban J connectivity index is 1.72. The van der Waals surface area contributed by atoms with E-state index < -0.39 is 12.0 Å². The number of carbonyl (C=O) groups is 3. The van der Waals surface area contributed by atoms with Gasteiger partial charge in [0.05, 0.1) is 12.7 Å². The summed E-state index contributed by atoms with van der Waals surface area (Å²) >= 11 is 0. The lowest BCUT2D eigenvalue weighted by Crippen LogP contribution is -2.39. The summed E-state index contributed by atoms with van der Waals surface area (Å²) in [5.74, 6) is -0.489. The Kier molecular flexibility index (Phi) is 6.49. The van der Waals surface area contributed by atoms with Crippen LogP contribution in [0.5, 0.6) is 5.75 Å². The molecule has 0 aliphatic carbocycles. The monoisotopic (exact) mass is 407 g/mol. The zero-order chi connectivity index (χ0) is 21.5. The summed E-state index contributed by atoms with van der Waals surface area (Å²) < 4.78 is 6.51. The van der Waals surface area contributed by atoms with Gasteiger partial charge < -0.3 is 9.84 Å². The Morgan fingerprint density at radius 3 is 2.40 bits per heavy atom. The first-order valence-electron chi connectivity index (χ1n) is 9.16. The van der Waals surface area contributed by atoms with Gasteiger partial charge in [-0.15, -0.1) is 0 Å². The summed E-state index contributed by atoms with van der Waals surface area (Å²) in [5.41, 5.74) is 3.90. The van der Waals surface area contributed by atoms with E-state index in [2.05, 4.69) is 5.43 Å². The van der Waals surface area contributed by atoms with Gasteiger partial charge in [0.25, 0.3) is 5.91 Å². The van der Waals surface area contributed by atoms with Gasteiger partial charge in [0.15, 0.2) is 0 Å². The van der Waals surface area contributed by atoms with Gasteiger partial charge in [-0.2, -0.15) is 0 Å². The van der Waals surface area contributed by atoms with Crippen LogP contribution >= 0.6 is 0 Å². The van der Waals surface area contributed by atoms with Gasteiger partial charge in [-0.3, -0.25) is 24.6 Å². The maximum Gasteiger partial charge on any atom is 0.408 e. The van der Waals surface area contributed by atoms with Crippen LogP contribution in [-0.4, -0.2) is 46.1 Å². The minimum Gasteiger partial charge on any atom is -0.496 e. The molecule has 2 amide bonds. The number of rotatable bonds is 8. The second-order valence-electron chi connectivity index (χ2n) is 6.45. The van der Waals surface area contributed by atoms with Gasteiger partial charge >= 0.3 is 6.09 Å². The largest absolute Gasteiger partial charge is 0.496 e. The lowest BCUT2D eigenvalue weighted by molar-refractivity contribution is -0.118.